The molecule has 2 aromatic carbocycles. The van der Waals surface area contributed by atoms with E-state index in [1.807, 2.05) is 81.4 Å². The summed E-state index contributed by atoms with van der Waals surface area (Å²) in [7, 11) is 0. The molecule has 2 amide bonds. The average Bonchev–Trinajstić information content (AvgIpc) is 2.98. The second-order valence-corrected chi connectivity index (χ2v) is 12.3. The number of benzene rings is 2. The van der Waals surface area contributed by atoms with Gasteiger partial charge >= 0.3 is 12.1 Å². The molecule has 2 N–H and O–H groups in total. The van der Waals surface area contributed by atoms with E-state index >= 15 is 0 Å². The number of ether oxygens (including phenoxy) is 5. The summed E-state index contributed by atoms with van der Waals surface area (Å²) in [6.07, 6.45) is -1.12. The zero-order valence-corrected chi connectivity index (χ0v) is 27.7. The van der Waals surface area contributed by atoms with Gasteiger partial charge in [0.05, 0.1) is 45.1 Å². The van der Waals surface area contributed by atoms with Crippen molar-refractivity contribution in [3.63, 3.8) is 0 Å². The Morgan fingerprint density at radius 2 is 1.40 bits per heavy atom. The fourth-order valence-corrected chi connectivity index (χ4v) is 4.28. The highest BCUT2D eigenvalue weighted by Crippen LogP contribution is 2.15. The van der Waals surface area contributed by atoms with Crippen LogP contribution in [0.15, 0.2) is 60.7 Å². The Labute approximate surface area is 268 Å². The Kier molecular flexibility index (Phi) is 17.2. The van der Waals surface area contributed by atoms with Crippen molar-refractivity contribution < 1.29 is 38.1 Å². The minimum absolute atomic E-state index is 0.135. The number of rotatable bonds is 20. The van der Waals surface area contributed by atoms with Crippen LogP contribution in [-0.4, -0.2) is 74.8 Å². The Balaban J connectivity index is 2.30. The van der Waals surface area contributed by atoms with Crippen LogP contribution in [0.25, 0.3) is 0 Å². The molecule has 1 unspecified atom stereocenters. The second-order valence-electron chi connectivity index (χ2n) is 12.3. The minimum Gasteiger partial charge on any atom is -0.450 e. The van der Waals surface area contributed by atoms with Crippen molar-refractivity contribution in [3.05, 3.63) is 71.8 Å². The van der Waals surface area contributed by atoms with Crippen LogP contribution in [0, 0.1) is 5.92 Å². The monoisotopic (exact) mass is 628 g/mol. The lowest BCUT2D eigenvalue weighted by Crippen LogP contribution is -2.56. The maximum atomic E-state index is 14.0. The van der Waals surface area contributed by atoms with Crippen molar-refractivity contribution in [1.29, 1.82) is 0 Å². The normalized spacial score (nSPS) is 13.5. The molecule has 0 spiro atoms. The number of esters is 1. The van der Waals surface area contributed by atoms with E-state index in [9.17, 15) is 14.4 Å². The van der Waals surface area contributed by atoms with Crippen molar-refractivity contribution in [2.24, 2.45) is 5.92 Å². The van der Waals surface area contributed by atoms with Crippen LogP contribution >= 0.6 is 0 Å². The second kappa shape index (κ2) is 20.5. The number of nitrogens with one attached hydrogen (secondary N) is 2. The summed E-state index contributed by atoms with van der Waals surface area (Å²) < 4.78 is 28.4. The van der Waals surface area contributed by atoms with Gasteiger partial charge in [0.2, 0.25) is 6.10 Å². The van der Waals surface area contributed by atoms with Gasteiger partial charge in [-0.2, -0.15) is 0 Å². The minimum atomic E-state index is -1.35. The number of hydrogen-bond acceptors (Lipinski definition) is 8. The summed E-state index contributed by atoms with van der Waals surface area (Å²) in [6.45, 7) is 13.1. The highest BCUT2D eigenvalue weighted by Gasteiger charge is 2.35. The molecule has 2 rings (SSSR count). The fourth-order valence-electron chi connectivity index (χ4n) is 4.28. The molecule has 10 nitrogen and oxygen atoms in total. The van der Waals surface area contributed by atoms with Gasteiger partial charge in [0.1, 0.15) is 5.60 Å². The Hall–Kier alpha value is -3.47. The van der Waals surface area contributed by atoms with Gasteiger partial charge in [-0.15, -0.1) is 0 Å². The Morgan fingerprint density at radius 3 is 2.00 bits per heavy atom. The lowest BCUT2D eigenvalue weighted by atomic mass is 10.00. The molecule has 0 saturated carbocycles. The van der Waals surface area contributed by atoms with Gasteiger partial charge in [-0.25, -0.2) is 4.79 Å². The zero-order chi connectivity index (χ0) is 33.1. The molecule has 0 aliphatic carbocycles. The first-order valence-electron chi connectivity index (χ1n) is 15.8. The van der Waals surface area contributed by atoms with Crippen molar-refractivity contribution in [3.8, 4) is 0 Å². The third-order valence-corrected chi connectivity index (χ3v) is 6.48. The van der Waals surface area contributed by atoms with Crippen molar-refractivity contribution in [2.75, 3.05) is 33.0 Å². The number of alkyl carbamates (subject to hydrolysis) is 1. The van der Waals surface area contributed by atoms with E-state index in [1.165, 1.54) is 0 Å². The lowest BCUT2D eigenvalue weighted by molar-refractivity contribution is -0.158. The number of carbonyl (C=O) groups excluding carboxylic acids is 3. The van der Waals surface area contributed by atoms with Gasteiger partial charge in [-0.3, -0.25) is 9.59 Å². The van der Waals surface area contributed by atoms with E-state index in [1.54, 1.807) is 20.8 Å². The molecule has 0 aromatic heterocycles. The summed E-state index contributed by atoms with van der Waals surface area (Å²) in [5.74, 6) is -0.839. The molecule has 0 radical (unpaired) electrons. The predicted octanol–water partition coefficient (Wildman–Crippen LogP) is 5.23. The van der Waals surface area contributed by atoms with Crippen LogP contribution < -0.4 is 10.6 Å². The first-order valence-corrected chi connectivity index (χ1v) is 15.8. The van der Waals surface area contributed by atoms with Crippen LogP contribution in [0.3, 0.4) is 0 Å². The molecule has 10 heteroatoms. The molecule has 0 bridgehead atoms. The van der Waals surface area contributed by atoms with Crippen molar-refractivity contribution in [2.45, 2.75) is 91.2 Å². The molecular formula is C35H52N2O8. The third kappa shape index (κ3) is 17.0. The van der Waals surface area contributed by atoms with E-state index in [-0.39, 0.29) is 32.0 Å². The van der Waals surface area contributed by atoms with Crippen molar-refractivity contribution in [1.82, 2.24) is 10.6 Å². The van der Waals surface area contributed by atoms with E-state index in [4.69, 9.17) is 23.7 Å². The smallest absolute Gasteiger partial charge is 0.408 e. The van der Waals surface area contributed by atoms with Gasteiger partial charge in [-0.05, 0) is 57.6 Å². The van der Waals surface area contributed by atoms with Gasteiger partial charge in [0.15, 0.2) is 0 Å². The molecule has 0 heterocycles. The quantitative estimate of drug-likeness (QED) is 0.151. The lowest BCUT2D eigenvalue weighted by Gasteiger charge is -2.30. The summed E-state index contributed by atoms with van der Waals surface area (Å²) in [6, 6.07) is 17.6. The number of carbonyl (C=O) groups is 3. The Bertz CT molecular complexity index is 1120. The maximum Gasteiger partial charge on any atom is 0.408 e. The molecular weight excluding hydrogens is 576 g/mol. The van der Waals surface area contributed by atoms with Gasteiger partial charge in [0, 0.05) is 13.0 Å². The van der Waals surface area contributed by atoms with E-state index in [0.717, 1.165) is 11.1 Å². The molecule has 0 aliphatic heterocycles. The van der Waals surface area contributed by atoms with Crippen LogP contribution in [0.1, 0.15) is 65.5 Å². The molecule has 3 atom stereocenters. The zero-order valence-electron chi connectivity index (χ0n) is 27.7. The largest absolute Gasteiger partial charge is 0.450 e. The molecule has 0 fully saturated rings. The molecule has 2 aromatic rings. The van der Waals surface area contributed by atoms with Crippen LogP contribution in [0.2, 0.25) is 0 Å². The highest BCUT2D eigenvalue weighted by atomic mass is 16.6. The third-order valence-electron chi connectivity index (χ3n) is 6.48. The van der Waals surface area contributed by atoms with E-state index in [0.29, 0.717) is 32.8 Å². The topological polar surface area (TPSA) is 121 Å². The summed E-state index contributed by atoms with van der Waals surface area (Å²) >= 11 is 0. The first-order chi connectivity index (χ1) is 21.5. The fraction of sp³-hybridized carbons (Fsp3) is 0.571. The Morgan fingerprint density at radius 1 is 0.800 bits per heavy atom. The molecule has 0 saturated heterocycles. The molecule has 0 aliphatic rings. The first kappa shape index (κ1) is 37.7. The van der Waals surface area contributed by atoms with Gasteiger partial charge < -0.3 is 34.3 Å². The summed E-state index contributed by atoms with van der Waals surface area (Å²) in [5, 5.41) is 5.75. The van der Waals surface area contributed by atoms with E-state index < -0.39 is 41.8 Å². The van der Waals surface area contributed by atoms with E-state index in [2.05, 4.69) is 10.6 Å². The van der Waals surface area contributed by atoms with Gasteiger partial charge in [-0.1, -0.05) is 74.5 Å². The average molecular weight is 629 g/mol. The van der Waals surface area contributed by atoms with Crippen LogP contribution in [0.5, 0.6) is 0 Å². The molecule has 250 valence electrons. The van der Waals surface area contributed by atoms with Crippen molar-refractivity contribution >= 4 is 18.0 Å². The maximum absolute atomic E-state index is 14.0. The predicted molar refractivity (Wildman–Crippen MR) is 173 cm³/mol. The van der Waals surface area contributed by atoms with Crippen LogP contribution in [0.4, 0.5) is 4.79 Å². The summed E-state index contributed by atoms with van der Waals surface area (Å²) in [5.41, 5.74) is 1.06. The summed E-state index contributed by atoms with van der Waals surface area (Å²) in [4.78, 5) is 39.9. The SMILES string of the molecule is CCOCCOC[C@H](COCc1ccccc1)NC(=O)C(OC(=O)CCC(C)C)[C@H](Cc1ccccc1)NC(=O)OC(C)(C)C. The van der Waals surface area contributed by atoms with Crippen LogP contribution in [-0.2, 0) is 46.3 Å². The number of hydrogen-bond donors (Lipinski definition) is 2. The molecule has 45 heavy (non-hydrogen) atoms. The standard InChI is InChI=1S/C35H52N2O8/c1-7-41-20-21-42-24-29(25-43-23-28-16-12-9-13-17-28)36-33(39)32(44-31(38)19-18-26(2)3)30(22-27-14-10-8-11-15-27)37-34(40)45-35(4,5)6/h8-17,26,29-30,32H,7,18-25H2,1-6H3,(H,36,39)(H,37,40)/t29-,30+,32?/m1/s1. The number of amides is 2. The highest BCUT2D eigenvalue weighted by molar-refractivity contribution is 5.85. The van der Waals surface area contributed by atoms with Gasteiger partial charge in [0.25, 0.3) is 5.91 Å².